The van der Waals surface area contributed by atoms with E-state index in [9.17, 15) is 24.5 Å². The standard InChI is InChI=1S/C33H30N4O5S/c1-20-18-22(19-29-30(38)34-32(40)36(31(29)39)25-8-6-23(7-9-25)33(3,4)5)21(2)35(20)24-10-14-27(15-11-24)43-28-16-12-26(13-17-28)37(41)42/h6-19H,1-5H3,(H,34,38,40)/b29-19-. The summed E-state index contributed by atoms with van der Waals surface area (Å²) in [6.45, 7) is 10.1. The van der Waals surface area contributed by atoms with E-state index >= 15 is 0 Å². The predicted molar refractivity (Wildman–Crippen MR) is 167 cm³/mol. The Hall–Kier alpha value is -4.96. The van der Waals surface area contributed by atoms with Gasteiger partial charge in [0.05, 0.1) is 10.6 Å². The summed E-state index contributed by atoms with van der Waals surface area (Å²) in [6, 6.07) is 22.5. The molecular formula is C33H30N4O5S. The highest BCUT2D eigenvalue weighted by Crippen LogP contribution is 2.32. The molecule has 0 saturated carbocycles. The molecule has 9 nitrogen and oxygen atoms in total. The number of nitrogens with zero attached hydrogens (tertiary/aromatic N) is 3. The smallest absolute Gasteiger partial charge is 0.318 e. The second-order valence-electron chi connectivity index (χ2n) is 11.3. The highest BCUT2D eigenvalue weighted by atomic mass is 32.2. The van der Waals surface area contributed by atoms with Crippen LogP contribution in [0.3, 0.4) is 0 Å². The monoisotopic (exact) mass is 594 g/mol. The Morgan fingerprint density at radius 1 is 0.837 bits per heavy atom. The first kappa shape index (κ1) is 29.5. The maximum Gasteiger partial charge on any atom is 0.335 e. The van der Waals surface area contributed by atoms with Gasteiger partial charge in [-0.1, -0.05) is 44.7 Å². The van der Waals surface area contributed by atoms with Gasteiger partial charge in [-0.15, -0.1) is 0 Å². The molecule has 0 unspecified atom stereocenters. The van der Waals surface area contributed by atoms with Crippen molar-refractivity contribution < 1.29 is 19.3 Å². The minimum absolute atomic E-state index is 0.0468. The Morgan fingerprint density at radius 3 is 1.95 bits per heavy atom. The van der Waals surface area contributed by atoms with Crippen molar-refractivity contribution in [2.75, 3.05) is 4.90 Å². The third-order valence-electron chi connectivity index (χ3n) is 7.24. The van der Waals surface area contributed by atoms with Gasteiger partial charge in [0.25, 0.3) is 17.5 Å². The second-order valence-corrected chi connectivity index (χ2v) is 12.4. The van der Waals surface area contributed by atoms with Gasteiger partial charge < -0.3 is 4.57 Å². The molecule has 0 bridgehead atoms. The number of benzene rings is 3. The molecule has 5 rings (SSSR count). The number of nitro benzene ring substituents is 1. The maximum atomic E-state index is 13.5. The minimum atomic E-state index is -0.784. The highest BCUT2D eigenvalue weighted by Gasteiger charge is 2.37. The number of carbonyl (C=O) groups is 3. The zero-order chi connectivity index (χ0) is 31.1. The first-order valence-corrected chi connectivity index (χ1v) is 14.4. The fraction of sp³-hybridized carbons (Fsp3) is 0.182. The van der Waals surface area contributed by atoms with E-state index in [1.165, 1.54) is 30.0 Å². The summed E-state index contributed by atoms with van der Waals surface area (Å²) in [5, 5.41) is 13.2. The number of anilines is 1. The molecule has 0 aliphatic carbocycles. The summed E-state index contributed by atoms with van der Waals surface area (Å²) in [4.78, 5) is 52.3. The van der Waals surface area contributed by atoms with E-state index in [0.717, 1.165) is 37.3 Å². The predicted octanol–water partition coefficient (Wildman–Crippen LogP) is 7.12. The van der Waals surface area contributed by atoms with Crippen LogP contribution in [0.4, 0.5) is 16.2 Å². The molecule has 1 aliphatic heterocycles. The van der Waals surface area contributed by atoms with Gasteiger partial charge in [-0.2, -0.15) is 0 Å². The molecule has 1 fully saturated rings. The summed E-state index contributed by atoms with van der Waals surface area (Å²) >= 11 is 1.49. The zero-order valence-electron chi connectivity index (χ0n) is 24.4. The Balaban J connectivity index is 1.40. The number of urea groups is 1. The summed E-state index contributed by atoms with van der Waals surface area (Å²) < 4.78 is 2.02. The third-order valence-corrected chi connectivity index (χ3v) is 8.26. The molecule has 3 aromatic carbocycles. The number of hydrogen-bond acceptors (Lipinski definition) is 6. The van der Waals surface area contributed by atoms with E-state index in [1.54, 1.807) is 24.3 Å². The summed E-state index contributed by atoms with van der Waals surface area (Å²) in [7, 11) is 0. The van der Waals surface area contributed by atoms with Gasteiger partial charge >= 0.3 is 6.03 Å². The van der Waals surface area contributed by atoms with Crippen LogP contribution in [-0.2, 0) is 15.0 Å². The van der Waals surface area contributed by atoms with Crippen LogP contribution in [-0.4, -0.2) is 27.3 Å². The number of non-ortho nitro benzene ring substituents is 1. The Morgan fingerprint density at radius 2 is 1.40 bits per heavy atom. The van der Waals surface area contributed by atoms with Gasteiger partial charge in [0.15, 0.2) is 0 Å². The average molecular weight is 595 g/mol. The molecule has 0 atom stereocenters. The first-order chi connectivity index (χ1) is 20.3. The van der Waals surface area contributed by atoms with Crippen LogP contribution in [0.1, 0.15) is 43.3 Å². The molecule has 10 heteroatoms. The van der Waals surface area contributed by atoms with Gasteiger partial charge in [-0.3, -0.25) is 25.0 Å². The van der Waals surface area contributed by atoms with Crippen LogP contribution in [0.15, 0.2) is 94.2 Å². The average Bonchev–Trinajstić information content (AvgIpc) is 3.23. The number of carbonyl (C=O) groups excluding carboxylic acids is 3. The highest BCUT2D eigenvalue weighted by molar-refractivity contribution is 7.99. The molecule has 2 heterocycles. The number of nitro groups is 1. The topological polar surface area (TPSA) is 115 Å². The number of barbiturate groups is 1. The van der Waals surface area contributed by atoms with E-state index in [-0.39, 0.29) is 16.7 Å². The molecule has 1 aromatic heterocycles. The Bertz CT molecular complexity index is 1780. The summed E-state index contributed by atoms with van der Waals surface area (Å²) in [6.07, 6.45) is 1.53. The Labute approximate surface area is 253 Å². The zero-order valence-corrected chi connectivity index (χ0v) is 25.2. The summed E-state index contributed by atoms with van der Waals surface area (Å²) in [5.74, 6) is -1.43. The van der Waals surface area contributed by atoms with Crippen molar-refractivity contribution in [2.45, 2.75) is 49.8 Å². The fourth-order valence-corrected chi connectivity index (χ4v) is 5.74. The van der Waals surface area contributed by atoms with Crippen LogP contribution >= 0.6 is 11.8 Å². The van der Waals surface area contributed by atoms with Crippen molar-refractivity contribution in [1.82, 2.24) is 9.88 Å². The van der Waals surface area contributed by atoms with Gasteiger partial charge in [-0.25, -0.2) is 9.69 Å². The van der Waals surface area contributed by atoms with E-state index in [1.807, 2.05) is 60.9 Å². The van der Waals surface area contributed by atoms with Crippen LogP contribution < -0.4 is 10.2 Å². The van der Waals surface area contributed by atoms with Crippen molar-refractivity contribution in [2.24, 2.45) is 0 Å². The quantitative estimate of drug-likeness (QED) is 0.110. The van der Waals surface area contributed by atoms with E-state index < -0.39 is 22.8 Å². The SMILES string of the molecule is Cc1cc(/C=C2/C(=O)NC(=O)N(c3ccc(C(C)(C)C)cc3)C2=O)c(C)n1-c1ccc(Sc2ccc([N+](=O)[O-])cc2)cc1. The number of rotatable bonds is 6. The van der Waals surface area contributed by atoms with Crippen LogP contribution in [0.5, 0.6) is 0 Å². The lowest BCUT2D eigenvalue weighted by molar-refractivity contribution is -0.384. The Kier molecular flexibility index (Phi) is 7.81. The molecule has 1 saturated heterocycles. The van der Waals surface area contributed by atoms with Gasteiger partial charge in [0.1, 0.15) is 5.57 Å². The van der Waals surface area contributed by atoms with Crippen molar-refractivity contribution in [3.05, 3.63) is 117 Å². The van der Waals surface area contributed by atoms with Crippen molar-refractivity contribution in [3.63, 3.8) is 0 Å². The normalized spacial score (nSPS) is 14.8. The summed E-state index contributed by atoms with van der Waals surface area (Å²) in [5.41, 5.74) is 4.54. The molecule has 4 amide bonds. The molecule has 218 valence electrons. The van der Waals surface area contributed by atoms with Gasteiger partial charge in [0.2, 0.25) is 0 Å². The number of aromatic nitrogens is 1. The van der Waals surface area contributed by atoms with Crippen LogP contribution in [0.2, 0.25) is 0 Å². The number of imide groups is 2. The van der Waals surface area contributed by atoms with Crippen molar-refractivity contribution >= 4 is 47.1 Å². The third kappa shape index (κ3) is 6.00. The lowest BCUT2D eigenvalue weighted by Gasteiger charge is -2.27. The lowest BCUT2D eigenvalue weighted by atomic mass is 9.87. The number of hydrogen-bond donors (Lipinski definition) is 1. The molecule has 43 heavy (non-hydrogen) atoms. The largest absolute Gasteiger partial charge is 0.335 e. The fourth-order valence-electron chi connectivity index (χ4n) is 4.92. The van der Waals surface area contributed by atoms with Gasteiger partial charge in [0, 0.05) is 39.0 Å². The molecule has 4 aromatic rings. The van der Waals surface area contributed by atoms with Crippen molar-refractivity contribution in [1.29, 1.82) is 0 Å². The number of nitrogens with one attached hydrogen (secondary N) is 1. The number of aryl methyl sites for hydroxylation is 1. The molecule has 1 N–H and O–H groups in total. The van der Waals surface area contributed by atoms with E-state index in [0.29, 0.717) is 11.3 Å². The lowest BCUT2D eigenvalue weighted by Crippen LogP contribution is -2.54. The molecular weight excluding hydrogens is 564 g/mol. The maximum absolute atomic E-state index is 13.5. The minimum Gasteiger partial charge on any atom is -0.318 e. The van der Waals surface area contributed by atoms with E-state index in [2.05, 4.69) is 26.1 Å². The molecule has 0 radical (unpaired) electrons. The van der Waals surface area contributed by atoms with Crippen LogP contribution in [0, 0.1) is 24.0 Å². The van der Waals surface area contributed by atoms with Crippen LogP contribution in [0.25, 0.3) is 11.8 Å². The van der Waals surface area contributed by atoms with Gasteiger partial charge in [-0.05, 0) is 91.1 Å². The molecule has 1 aliphatic rings. The van der Waals surface area contributed by atoms with E-state index in [4.69, 9.17) is 0 Å². The molecule has 0 spiro atoms. The first-order valence-electron chi connectivity index (χ1n) is 13.6. The number of amides is 4. The second kappa shape index (κ2) is 11.4. The van der Waals surface area contributed by atoms with Crippen molar-refractivity contribution in [3.8, 4) is 5.69 Å².